The molecule has 1 atom stereocenters. The minimum atomic E-state index is -1.25. The maximum Gasteiger partial charge on any atom is 0.405 e. The van der Waals surface area contributed by atoms with Crippen molar-refractivity contribution >= 4 is 12.0 Å². The molecule has 2 amide bonds. The molecule has 0 aliphatic carbocycles. The summed E-state index contributed by atoms with van der Waals surface area (Å²) in [6.45, 7) is -0.791. The number of rotatable bonds is 4. The van der Waals surface area contributed by atoms with Crippen LogP contribution in [0.3, 0.4) is 0 Å². The molecule has 0 radical (unpaired) electrons. The van der Waals surface area contributed by atoms with Gasteiger partial charge in [-0.05, 0) is 0 Å². The van der Waals surface area contributed by atoms with E-state index in [0.29, 0.717) is 0 Å². The van der Waals surface area contributed by atoms with Gasteiger partial charge in [0.15, 0.2) is 6.10 Å². The van der Waals surface area contributed by atoms with Crippen LogP contribution >= 0.6 is 0 Å². The van der Waals surface area contributed by atoms with E-state index >= 15 is 0 Å². The molecule has 5 nitrogen and oxygen atoms in total. The maximum atomic E-state index is 11.6. The number of hydrogen-bond acceptors (Lipinski definition) is 3. The highest BCUT2D eigenvalue weighted by Crippen LogP contribution is 1.97. The summed E-state index contributed by atoms with van der Waals surface area (Å²) in [5.41, 5.74) is 9.30. The zero-order chi connectivity index (χ0) is 8.85. The first-order valence-electron chi connectivity index (χ1n) is 2.89. The van der Waals surface area contributed by atoms with Crippen molar-refractivity contribution in [2.75, 3.05) is 6.67 Å². The number of ether oxygens (including phenoxy) is 1. The summed E-state index contributed by atoms with van der Waals surface area (Å²) >= 11 is 0. The van der Waals surface area contributed by atoms with E-state index in [2.05, 4.69) is 10.5 Å². The molecule has 0 bridgehead atoms. The molecule has 4 N–H and O–H groups in total. The number of carbonyl (C=O) groups is 2. The molecule has 11 heavy (non-hydrogen) atoms. The number of hydrogen-bond donors (Lipinski definition) is 2. The van der Waals surface area contributed by atoms with E-state index in [0.717, 1.165) is 0 Å². The van der Waals surface area contributed by atoms with E-state index in [9.17, 15) is 14.0 Å². The molecule has 6 heteroatoms. The van der Waals surface area contributed by atoms with Gasteiger partial charge in [-0.25, -0.2) is 4.79 Å². The third kappa shape index (κ3) is 4.12. The average Bonchev–Trinajstić information content (AvgIpc) is 1.86. The van der Waals surface area contributed by atoms with E-state index in [1.54, 1.807) is 0 Å². The van der Waals surface area contributed by atoms with Gasteiger partial charge in [-0.1, -0.05) is 0 Å². The highest BCUT2D eigenvalue weighted by molar-refractivity contribution is 5.81. The van der Waals surface area contributed by atoms with Crippen LogP contribution in [0.1, 0.15) is 6.42 Å². The summed E-state index contributed by atoms with van der Waals surface area (Å²) in [6.07, 6.45) is -2.64. The second-order valence-electron chi connectivity index (χ2n) is 1.81. The van der Waals surface area contributed by atoms with Crippen molar-refractivity contribution < 1.29 is 18.7 Å². The van der Waals surface area contributed by atoms with Crippen LogP contribution in [0.25, 0.3) is 0 Å². The van der Waals surface area contributed by atoms with Gasteiger partial charge in [0.1, 0.15) is 0 Å². The Hall–Kier alpha value is -1.33. The molecule has 64 valence electrons. The van der Waals surface area contributed by atoms with Gasteiger partial charge >= 0.3 is 6.09 Å². The van der Waals surface area contributed by atoms with Crippen molar-refractivity contribution in [1.29, 1.82) is 0 Å². The van der Waals surface area contributed by atoms with Crippen molar-refractivity contribution in [1.82, 2.24) is 0 Å². The van der Waals surface area contributed by atoms with E-state index in [1.807, 2.05) is 0 Å². The van der Waals surface area contributed by atoms with Crippen LogP contribution in [-0.4, -0.2) is 24.8 Å². The molecule has 1 unspecified atom stereocenters. The Morgan fingerprint density at radius 1 is 1.45 bits per heavy atom. The average molecular weight is 164 g/mol. The highest BCUT2D eigenvalue weighted by atomic mass is 19.1. The number of halogens is 1. The van der Waals surface area contributed by atoms with Crippen molar-refractivity contribution in [2.45, 2.75) is 12.5 Å². The number of alkyl halides is 1. The SMILES string of the molecule is NC(=O)OC(CCF)C(N)=O. The summed E-state index contributed by atoms with van der Waals surface area (Å²) in [7, 11) is 0. The van der Waals surface area contributed by atoms with Crippen LogP contribution in [0.4, 0.5) is 9.18 Å². The first-order chi connectivity index (χ1) is 5.07. The van der Waals surface area contributed by atoms with E-state index in [1.165, 1.54) is 0 Å². The van der Waals surface area contributed by atoms with Gasteiger partial charge in [0.2, 0.25) is 0 Å². The van der Waals surface area contributed by atoms with Crippen LogP contribution < -0.4 is 11.5 Å². The molecule has 0 heterocycles. The second kappa shape index (κ2) is 4.48. The molecule has 0 saturated heterocycles. The molecular formula is C5H9FN2O3. The normalized spacial score (nSPS) is 12.1. The van der Waals surface area contributed by atoms with Gasteiger partial charge in [-0.2, -0.15) is 0 Å². The third-order valence-corrected chi connectivity index (χ3v) is 0.947. The van der Waals surface area contributed by atoms with Crippen LogP contribution in [-0.2, 0) is 9.53 Å². The fourth-order valence-corrected chi connectivity index (χ4v) is 0.499. The predicted molar refractivity (Wildman–Crippen MR) is 34.2 cm³/mol. The zero-order valence-corrected chi connectivity index (χ0v) is 5.75. The Balaban J connectivity index is 3.89. The fourth-order valence-electron chi connectivity index (χ4n) is 0.499. The van der Waals surface area contributed by atoms with Gasteiger partial charge in [0.05, 0.1) is 6.67 Å². The minimum absolute atomic E-state index is 0.252. The number of primary amides is 2. The van der Waals surface area contributed by atoms with E-state index < -0.39 is 24.8 Å². The predicted octanol–water partition coefficient (Wildman–Crippen LogP) is -0.705. The summed E-state index contributed by atoms with van der Waals surface area (Å²) in [6, 6.07) is 0. The summed E-state index contributed by atoms with van der Waals surface area (Å²) in [5, 5.41) is 0. The quantitative estimate of drug-likeness (QED) is 0.574. The smallest absolute Gasteiger partial charge is 0.405 e. The Morgan fingerprint density at radius 2 is 2.00 bits per heavy atom. The van der Waals surface area contributed by atoms with Crippen molar-refractivity contribution in [3.8, 4) is 0 Å². The zero-order valence-electron chi connectivity index (χ0n) is 5.75. The first kappa shape index (κ1) is 9.67. The number of nitrogens with two attached hydrogens (primary N) is 2. The Morgan fingerprint density at radius 3 is 2.27 bits per heavy atom. The standard InChI is InChI=1S/C5H9FN2O3/c6-2-1-3(4(7)9)11-5(8)10/h3H,1-2H2,(H2,7,9)(H2,8,10). The Bertz CT molecular complexity index is 162. The van der Waals surface area contributed by atoms with Crippen molar-refractivity contribution in [2.24, 2.45) is 11.5 Å². The monoisotopic (exact) mass is 164 g/mol. The Labute approximate surface area is 62.5 Å². The summed E-state index contributed by atoms with van der Waals surface area (Å²) in [4.78, 5) is 20.4. The largest absolute Gasteiger partial charge is 0.436 e. The van der Waals surface area contributed by atoms with Gasteiger partial charge in [-0.15, -0.1) is 0 Å². The summed E-state index contributed by atoms with van der Waals surface area (Å²) in [5.74, 6) is -0.901. The molecule has 0 fully saturated rings. The number of carbonyl (C=O) groups excluding carboxylic acids is 2. The van der Waals surface area contributed by atoms with Gasteiger partial charge in [0.25, 0.3) is 5.91 Å². The molecule has 0 spiro atoms. The lowest BCUT2D eigenvalue weighted by Gasteiger charge is -2.09. The highest BCUT2D eigenvalue weighted by Gasteiger charge is 2.17. The van der Waals surface area contributed by atoms with Crippen LogP contribution in [0.2, 0.25) is 0 Å². The van der Waals surface area contributed by atoms with Crippen LogP contribution in [0.15, 0.2) is 0 Å². The number of amides is 2. The van der Waals surface area contributed by atoms with Gasteiger partial charge < -0.3 is 16.2 Å². The molecule has 0 aliphatic rings. The Kier molecular flexibility index (Phi) is 3.94. The van der Waals surface area contributed by atoms with Crippen molar-refractivity contribution in [3.05, 3.63) is 0 Å². The molecule has 0 aromatic heterocycles. The van der Waals surface area contributed by atoms with E-state index in [4.69, 9.17) is 5.73 Å². The minimum Gasteiger partial charge on any atom is -0.436 e. The van der Waals surface area contributed by atoms with Crippen LogP contribution in [0.5, 0.6) is 0 Å². The summed E-state index contributed by atoms with van der Waals surface area (Å²) < 4.78 is 15.8. The van der Waals surface area contributed by atoms with Gasteiger partial charge in [-0.3, -0.25) is 9.18 Å². The lowest BCUT2D eigenvalue weighted by atomic mass is 10.2. The molecule has 0 aromatic carbocycles. The van der Waals surface area contributed by atoms with Gasteiger partial charge in [0, 0.05) is 6.42 Å². The fraction of sp³-hybridized carbons (Fsp3) is 0.600. The molecular weight excluding hydrogens is 155 g/mol. The van der Waals surface area contributed by atoms with E-state index in [-0.39, 0.29) is 6.42 Å². The molecule has 0 aromatic rings. The molecule has 0 aliphatic heterocycles. The first-order valence-corrected chi connectivity index (χ1v) is 2.89. The topological polar surface area (TPSA) is 95.4 Å². The molecule has 0 saturated carbocycles. The lowest BCUT2D eigenvalue weighted by molar-refractivity contribution is -0.126. The molecule has 0 rings (SSSR count). The van der Waals surface area contributed by atoms with Crippen LogP contribution in [0, 0.1) is 0 Å². The second-order valence-corrected chi connectivity index (χ2v) is 1.81. The van der Waals surface area contributed by atoms with Crippen molar-refractivity contribution in [3.63, 3.8) is 0 Å². The third-order valence-electron chi connectivity index (χ3n) is 0.947. The lowest BCUT2D eigenvalue weighted by Crippen LogP contribution is -2.35. The maximum absolute atomic E-state index is 11.6.